The summed E-state index contributed by atoms with van der Waals surface area (Å²) in [5.74, 6) is 0. The second-order valence-electron chi connectivity index (χ2n) is 18.6. The van der Waals surface area contributed by atoms with Crippen LogP contribution in [0.3, 0.4) is 0 Å². The lowest BCUT2D eigenvalue weighted by Gasteiger charge is -2.23. The molecule has 0 saturated heterocycles. The lowest BCUT2D eigenvalue weighted by atomic mass is 9.79. The molecule has 0 amide bonds. The highest BCUT2D eigenvalue weighted by Gasteiger charge is 2.24. The Morgan fingerprint density at radius 1 is 0.183 bits per heavy atom. The molecule has 0 saturated carbocycles. The molecular formula is C70H44O. The average molecular weight is 901 g/mol. The first-order valence-corrected chi connectivity index (χ1v) is 24.5. The van der Waals surface area contributed by atoms with Gasteiger partial charge in [0.2, 0.25) is 0 Å². The number of hydrogen-bond acceptors (Lipinski definition) is 1. The van der Waals surface area contributed by atoms with Gasteiger partial charge < -0.3 is 4.42 Å². The second-order valence-corrected chi connectivity index (χ2v) is 18.6. The van der Waals surface area contributed by atoms with E-state index in [9.17, 15) is 0 Å². The summed E-state index contributed by atoms with van der Waals surface area (Å²) in [4.78, 5) is 0. The zero-order valence-electron chi connectivity index (χ0n) is 38.8. The molecule has 0 aliphatic rings. The Morgan fingerprint density at radius 2 is 0.521 bits per heavy atom. The van der Waals surface area contributed by atoms with E-state index in [2.05, 4.69) is 261 Å². The van der Waals surface area contributed by atoms with Gasteiger partial charge in [0.25, 0.3) is 0 Å². The van der Waals surface area contributed by atoms with E-state index in [0.29, 0.717) is 0 Å². The number of para-hydroxylation sites is 2. The van der Waals surface area contributed by atoms with Gasteiger partial charge in [0.05, 0.1) is 0 Å². The molecule has 0 N–H and O–H groups in total. The van der Waals surface area contributed by atoms with Crippen LogP contribution in [0.25, 0.3) is 143 Å². The van der Waals surface area contributed by atoms with Crippen LogP contribution in [0.2, 0.25) is 0 Å². The van der Waals surface area contributed by atoms with Crippen LogP contribution < -0.4 is 0 Å². The van der Waals surface area contributed by atoms with Crippen LogP contribution in [0.1, 0.15) is 0 Å². The molecule has 0 spiro atoms. The standard InChI is InChI=1S/C70H44O/c1-4-20-45(21-5-1)50-28-10-13-31-54(50)64-43-63(49-27-18-26-48(42-49)53-35-19-36-62-57-34-16-17-37-67(57)71-70(53)62)58-38-39-60-65(55-32-14-11-29-51(55)46-22-6-2-7-23-46)44-66(61-41-40-59(64)68(58)69(60)61)56-33-15-12-30-52(56)47-24-8-3-9-25-47/h1-44H. The minimum Gasteiger partial charge on any atom is -0.455 e. The highest BCUT2D eigenvalue weighted by molar-refractivity contribution is 6.32. The Balaban J connectivity index is 1.11. The maximum atomic E-state index is 6.63. The third-order valence-corrected chi connectivity index (χ3v) is 14.7. The van der Waals surface area contributed by atoms with Crippen molar-refractivity contribution in [3.63, 3.8) is 0 Å². The highest BCUT2D eigenvalue weighted by atomic mass is 16.3. The van der Waals surface area contributed by atoms with Gasteiger partial charge in [0, 0.05) is 16.3 Å². The molecule has 1 aromatic heterocycles. The quantitative estimate of drug-likeness (QED) is 0.139. The van der Waals surface area contributed by atoms with Crippen molar-refractivity contribution in [3.05, 3.63) is 267 Å². The Kier molecular flexibility index (Phi) is 9.60. The number of benzene rings is 13. The molecule has 1 heteroatoms. The first-order valence-electron chi connectivity index (χ1n) is 24.5. The first kappa shape index (κ1) is 40.7. The summed E-state index contributed by atoms with van der Waals surface area (Å²) < 4.78 is 6.63. The lowest BCUT2D eigenvalue weighted by Crippen LogP contribution is -1.96. The molecule has 0 aliphatic heterocycles. The SMILES string of the molecule is c1ccc(-c2ccccc2-c2cc(-c3cccc(-c4cccc5c4oc4ccccc45)c3)c3ccc4c(-c5ccccc5-c5ccccc5)cc(-c5ccccc5-c5ccccc5)c5ccc2c3c45)cc1. The van der Waals surface area contributed by atoms with Crippen LogP contribution in [0, 0.1) is 0 Å². The van der Waals surface area contributed by atoms with Gasteiger partial charge in [-0.2, -0.15) is 0 Å². The highest BCUT2D eigenvalue weighted by Crippen LogP contribution is 2.51. The van der Waals surface area contributed by atoms with E-state index in [1.807, 2.05) is 6.07 Å². The van der Waals surface area contributed by atoms with Crippen LogP contribution in [0.5, 0.6) is 0 Å². The average Bonchev–Trinajstić information content (AvgIpc) is 3.84. The van der Waals surface area contributed by atoms with Gasteiger partial charge >= 0.3 is 0 Å². The minimum absolute atomic E-state index is 0.899. The molecule has 1 nitrogen and oxygen atoms in total. The summed E-state index contributed by atoms with van der Waals surface area (Å²) >= 11 is 0. The summed E-state index contributed by atoms with van der Waals surface area (Å²) in [6.07, 6.45) is 0. The van der Waals surface area contributed by atoms with Gasteiger partial charge in [0.15, 0.2) is 0 Å². The van der Waals surface area contributed by atoms with Crippen molar-refractivity contribution in [2.24, 2.45) is 0 Å². The van der Waals surface area contributed by atoms with Crippen LogP contribution in [0.4, 0.5) is 0 Å². The molecule has 0 aliphatic carbocycles. The van der Waals surface area contributed by atoms with E-state index in [4.69, 9.17) is 4.42 Å². The van der Waals surface area contributed by atoms with Crippen molar-refractivity contribution in [1.82, 2.24) is 0 Å². The lowest BCUT2D eigenvalue weighted by molar-refractivity contribution is 0.670. The summed E-state index contributed by atoms with van der Waals surface area (Å²) in [6.45, 7) is 0. The molecular weight excluding hydrogens is 857 g/mol. The predicted octanol–water partition coefficient (Wildman–Crippen LogP) is 19.8. The number of rotatable bonds is 8. The Labute approximate surface area is 412 Å². The van der Waals surface area contributed by atoms with Crippen LogP contribution in [-0.4, -0.2) is 0 Å². The smallest absolute Gasteiger partial charge is 0.143 e. The molecule has 71 heavy (non-hydrogen) atoms. The third kappa shape index (κ3) is 6.70. The van der Waals surface area contributed by atoms with Gasteiger partial charge in [0.1, 0.15) is 11.2 Å². The molecule has 14 rings (SSSR count). The van der Waals surface area contributed by atoms with E-state index in [1.165, 1.54) is 105 Å². The van der Waals surface area contributed by atoms with Crippen molar-refractivity contribution in [3.8, 4) is 89.0 Å². The van der Waals surface area contributed by atoms with E-state index < -0.39 is 0 Å². The Morgan fingerprint density at radius 3 is 1.01 bits per heavy atom. The van der Waals surface area contributed by atoms with Gasteiger partial charge in [-0.05, 0) is 140 Å². The molecule has 0 fully saturated rings. The zero-order chi connectivity index (χ0) is 46.8. The van der Waals surface area contributed by atoms with Gasteiger partial charge in [-0.15, -0.1) is 0 Å². The van der Waals surface area contributed by atoms with Gasteiger partial charge in [-0.25, -0.2) is 0 Å². The Hall–Kier alpha value is -9.30. The minimum atomic E-state index is 0.899. The number of furan rings is 1. The van der Waals surface area contributed by atoms with E-state index in [-0.39, 0.29) is 0 Å². The van der Waals surface area contributed by atoms with Gasteiger partial charge in [-0.1, -0.05) is 243 Å². The molecule has 0 radical (unpaired) electrons. The molecule has 330 valence electrons. The fourth-order valence-corrected chi connectivity index (χ4v) is 11.5. The largest absolute Gasteiger partial charge is 0.455 e. The van der Waals surface area contributed by atoms with E-state index in [0.717, 1.165) is 38.6 Å². The van der Waals surface area contributed by atoms with Crippen molar-refractivity contribution < 1.29 is 4.42 Å². The van der Waals surface area contributed by atoms with E-state index in [1.54, 1.807) is 0 Å². The fourth-order valence-electron chi connectivity index (χ4n) is 11.5. The summed E-state index contributed by atoms with van der Waals surface area (Å²) in [5, 5.41) is 9.68. The van der Waals surface area contributed by atoms with Crippen molar-refractivity contribution >= 4 is 54.3 Å². The molecule has 13 aromatic carbocycles. The zero-order valence-corrected chi connectivity index (χ0v) is 38.8. The van der Waals surface area contributed by atoms with E-state index >= 15 is 0 Å². The van der Waals surface area contributed by atoms with Crippen molar-refractivity contribution in [1.29, 1.82) is 0 Å². The maximum absolute atomic E-state index is 6.63. The first-order chi connectivity index (χ1) is 35.2. The van der Waals surface area contributed by atoms with Gasteiger partial charge in [-0.3, -0.25) is 0 Å². The van der Waals surface area contributed by atoms with Crippen molar-refractivity contribution in [2.45, 2.75) is 0 Å². The monoisotopic (exact) mass is 900 g/mol. The number of hydrogen-bond donors (Lipinski definition) is 0. The van der Waals surface area contributed by atoms with Crippen LogP contribution >= 0.6 is 0 Å². The molecule has 0 unspecified atom stereocenters. The molecule has 1 heterocycles. The normalized spacial score (nSPS) is 11.7. The van der Waals surface area contributed by atoms with Crippen LogP contribution in [-0.2, 0) is 0 Å². The summed E-state index contributed by atoms with van der Waals surface area (Å²) in [7, 11) is 0. The predicted molar refractivity (Wildman–Crippen MR) is 301 cm³/mol. The van der Waals surface area contributed by atoms with Crippen LogP contribution in [0.15, 0.2) is 271 Å². The summed E-state index contributed by atoms with van der Waals surface area (Å²) in [5.41, 5.74) is 20.8. The topological polar surface area (TPSA) is 13.1 Å². The Bertz CT molecular complexity index is 4210. The molecule has 0 atom stereocenters. The summed E-state index contributed by atoms with van der Waals surface area (Å²) in [6, 6.07) is 97.8. The maximum Gasteiger partial charge on any atom is 0.143 e. The van der Waals surface area contributed by atoms with Crippen molar-refractivity contribution in [2.75, 3.05) is 0 Å². The molecule has 14 aromatic rings. The fraction of sp³-hybridized carbons (Fsp3) is 0. The number of fused-ring (bicyclic) bond motifs is 3. The third-order valence-electron chi connectivity index (χ3n) is 14.7. The molecule has 0 bridgehead atoms. The second kappa shape index (κ2) is 16.7.